The zero-order valence-corrected chi connectivity index (χ0v) is 13.0. The number of benzene rings is 1. The first-order valence-electron chi connectivity index (χ1n) is 6.21. The highest BCUT2D eigenvalue weighted by molar-refractivity contribution is 9.10. The molecule has 0 saturated heterocycles. The van der Waals surface area contributed by atoms with Gasteiger partial charge in [-0.05, 0) is 37.5 Å². The number of aliphatic hydroxyl groups is 1. The van der Waals surface area contributed by atoms with Gasteiger partial charge in [-0.15, -0.1) is 0 Å². The lowest BCUT2D eigenvalue weighted by Crippen LogP contribution is -2.34. The number of carbonyl (C=O) groups is 1. The summed E-state index contributed by atoms with van der Waals surface area (Å²) in [6, 6.07) is 3.29. The standard InChI is InChI=1S/C14H19BrO4/c1-4-14(18,5-2)8-19-12-9(3)6-10(15)7-11(12)13(16)17/h6-7,18H,4-5,8H2,1-3H3,(H,16,17). The number of aromatic carboxylic acids is 1. The fourth-order valence-electron chi connectivity index (χ4n) is 1.74. The number of hydrogen-bond acceptors (Lipinski definition) is 3. The fourth-order valence-corrected chi connectivity index (χ4v) is 2.31. The summed E-state index contributed by atoms with van der Waals surface area (Å²) in [6.07, 6.45) is 1.11. The van der Waals surface area contributed by atoms with Gasteiger partial charge < -0.3 is 14.9 Å². The summed E-state index contributed by atoms with van der Waals surface area (Å²) >= 11 is 3.27. The van der Waals surface area contributed by atoms with Crippen LogP contribution < -0.4 is 4.74 Å². The minimum atomic E-state index is -1.05. The van der Waals surface area contributed by atoms with Gasteiger partial charge in [0, 0.05) is 4.47 Å². The Balaban J connectivity index is 3.04. The van der Waals surface area contributed by atoms with Crippen molar-refractivity contribution in [1.82, 2.24) is 0 Å². The molecule has 1 aromatic rings. The summed E-state index contributed by atoms with van der Waals surface area (Å²) in [6.45, 7) is 5.62. The molecule has 0 aliphatic carbocycles. The second-order valence-corrected chi connectivity index (χ2v) is 5.54. The molecule has 0 saturated carbocycles. The highest BCUT2D eigenvalue weighted by Crippen LogP contribution is 2.29. The van der Waals surface area contributed by atoms with E-state index in [1.165, 1.54) is 6.07 Å². The van der Waals surface area contributed by atoms with E-state index in [9.17, 15) is 15.0 Å². The Labute approximate surface area is 121 Å². The van der Waals surface area contributed by atoms with Crippen LogP contribution >= 0.6 is 15.9 Å². The fraction of sp³-hybridized carbons (Fsp3) is 0.500. The number of ether oxygens (including phenoxy) is 1. The summed E-state index contributed by atoms with van der Waals surface area (Å²) in [5.74, 6) is -0.730. The van der Waals surface area contributed by atoms with Crippen LogP contribution in [0.3, 0.4) is 0 Å². The third-order valence-corrected chi connectivity index (χ3v) is 3.73. The van der Waals surface area contributed by atoms with Gasteiger partial charge in [0.15, 0.2) is 0 Å². The summed E-state index contributed by atoms with van der Waals surface area (Å²) in [5.41, 5.74) is -0.0993. The Morgan fingerprint density at radius 1 is 1.37 bits per heavy atom. The quantitative estimate of drug-likeness (QED) is 0.839. The molecule has 0 aromatic heterocycles. The van der Waals surface area contributed by atoms with Gasteiger partial charge in [-0.25, -0.2) is 4.79 Å². The van der Waals surface area contributed by atoms with Crippen LogP contribution in [-0.4, -0.2) is 28.4 Å². The van der Waals surface area contributed by atoms with Crippen molar-refractivity contribution in [1.29, 1.82) is 0 Å². The molecule has 0 atom stereocenters. The topological polar surface area (TPSA) is 66.8 Å². The van der Waals surface area contributed by atoms with Crippen molar-refractivity contribution in [2.45, 2.75) is 39.2 Å². The monoisotopic (exact) mass is 330 g/mol. The second kappa shape index (κ2) is 6.39. The van der Waals surface area contributed by atoms with E-state index in [0.29, 0.717) is 23.1 Å². The third kappa shape index (κ3) is 3.94. The van der Waals surface area contributed by atoms with E-state index in [1.54, 1.807) is 13.0 Å². The van der Waals surface area contributed by atoms with Crippen LogP contribution in [0, 0.1) is 6.92 Å². The molecule has 106 valence electrons. The van der Waals surface area contributed by atoms with Crippen molar-refractivity contribution in [3.05, 3.63) is 27.7 Å². The third-order valence-electron chi connectivity index (χ3n) is 3.27. The molecule has 5 heteroatoms. The molecular formula is C14H19BrO4. The minimum absolute atomic E-state index is 0.0861. The average Bonchev–Trinajstić information content (AvgIpc) is 2.36. The molecule has 0 spiro atoms. The summed E-state index contributed by atoms with van der Waals surface area (Å²) in [7, 11) is 0. The van der Waals surface area contributed by atoms with Crippen molar-refractivity contribution in [3.8, 4) is 5.75 Å². The van der Waals surface area contributed by atoms with Gasteiger partial charge in [0.2, 0.25) is 0 Å². The van der Waals surface area contributed by atoms with E-state index in [-0.39, 0.29) is 12.2 Å². The summed E-state index contributed by atoms with van der Waals surface area (Å²) in [4.78, 5) is 11.2. The average molecular weight is 331 g/mol. The number of rotatable bonds is 6. The Kier molecular flexibility index (Phi) is 5.38. The van der Waals surface area contributed by atoms with Crippen molar-refractivity contribution in [2.24, 2.45) is 0 Å². The maximum Gasteiger partial charge on any atom is 0.339 e. The second-order valence-electron chi connectivity index (χ2n) is 4.62. The first kappa shape index (κ1) is 16.0. The highest BCUT2D eigenvalue weighted by atomic mass is 79.9. The minimum Gasteiger partial charge on any atom is -0.489 e. The summed E-state index contributed by atoms with van der Waals surface area (Å²) < 4.78 is 6.27. The van der Waals surface area contributed by atoms with E-state index in [4.69, 9.17) is 4.74 Å². The largest absolute Gasteiger partial charge is 0.489 e. The predicted molar refractivity (Wildman–Crippen MR) is 76.9 cm³/mol. The van der Waals surface area contributed by atoms with Crippen LogP contribution in [0.25, 0.3) is 0 Å². The van der Waals surface area contributed by atoms with Gasteiger partial charge in [0.1, 0.15) is 17.9 Å². The zero-order valence-electron chi connectivity index (χ0n) is 11.4. The molecule has 0 unspecified atom stereocenters. The normalized spacial score (nSPS) is 11.4. The predicted octanol–water partition coefficient (Wildman–Crippen LogP) is 3.39. The van der Waals surface area contributed by atoms with Crippen molar-refractivity contribution in [3.63, 3.8) is 0 Å². The Hall–Kier alpha value is -1.07. The van der Waals surface area contributed by atoms with Crippen molar-refractivity contribution < 1.29 is 19.7 Å². The van der Waals surface area contributed by atoms with E-state index in [1.807, 2.05) is 13.8 Å². The first-order valence-corrected chi connectivity index (χ1v) is 7.01. The molecule has 1 rings (SSSR count). The molecule has 19 heavy (non-hydrogen) atoms. The van der Waals surface area contributed by atoms with Crippen LogP contribution in [-0.2, 0) is 0 Å². The van der Waals surface area contributed by atoms with Crippen molar-refractivity contribution in [2.75, 3.05) is 6.61 Å². The van der Waals surface area contributed by atoms with Gasteiger partial charge in [-0.2, -0.15) is 0 Å². The van der Waals surface area contributed by atoms with E-state index < -0.39 is 11.6 Å². The van der Waals surface area contributed by atoms with Gasteiger partial charge >= 0.3 is 5.97 Å². The summed E-state index contributed by atoms with van der Waals surface area (Å²) in [5, 5.41) is 19.4. The van der Waals surface area contributed by atoms with E-state index in [2.05, 4.69) is 15.9 Å². The van der Waals surface area contributed by atoms with E-state index in [0.717, 1.165) is 5.56 Å². The lowest BCUT2D eigenvalue weighted by Gasteiger charge is -2.26. The molecule has 1 aromatic carbocycles. The smallest absolute Gasteiger partial charge is 0.339 e. The Bertz CT molecular complexity index is 467. The van der Waals surface area contributed by atoms with Gasteiger partial charge in [-0.3, -0.25) is 0 Å². The van der Waals surface area contributed by atoms with E-state index >= 15 is 0 Å². The molecule has 0 fully saturated rings. The SMILES string of the molecule is CCC(O)(CC)COc1c(C)cc(Br)cc1C(=O)O. The van der Waals surface area contributed by atoms with Crippen LogP contribution in [0.4, 0.5) is 0 Å². The lowest BCUT2D eigenvalue weighted by atomic mass is 9.99. The van der Waals surface area contributed by atoms with Crippen LogP contribution in [0.1, 0.15) is 42.6 Å². The molecule has 0 aliphatic heterocycles. The zero-order chi connectivity index (χ0) is 14.6. The highest BCUT2D eigenvalue weighted by Gasteiger charge is 2.25. The van der Waals surface area contributed by atoms with Gasteiger partial charge in [0.05, 0.1) is 5.60 Å². The molecule has 0 heterocycles. The molecule has 0 amide bonds. The molecular weight excluding hydrogens is 312 g/mol. The van der Waals surface area contributed by atoms with Crippen LogP contribution in [0.5, 0.6) is 5.75 Å². The Morgan fingerprint density at radius 2 is 1.95 bits per heavy atom. The number of aryl methyl sites for hydroxylation is 1. The molecule has 0 aliphatic rings. The molecule has 4 nitrogen and oxygen atoms in total. The first-order chi connectivity index (χ1) is 8.83. The molecule has 0 bridgehead atoms. The van der Waals surface area contributed by atoms with Crippen LogP contribution in [0.2, 0.25) is 0 Å². The number of halogens is 1. The maximum absolute atomic E-state index is 11.2. The van der Waals surface area contributed by atoms with Gasteiger partial charge in [0.25, 0.3) is 0 Å². The molecule has 2 N–H and O–H groups in total. The number of hydrogen-bond donors (Lipinski definition) is 2. The molecule has 0 radical (unpaired) electrons. The number of carboxylic acid groups (broad SMARTS) is 1. The van der Waals surface area contributed by atoms with Gasteiger partial charge in [-0.1, -0.05) is 29.8 Å². The number of carboxylic acids is 1. The lowest BCUT2D eigenvalue weighted by molar-refractivity contribution is -0.0119. The van der Waals surface area contributed by atoms with Crippen LogP contribution in [0.15, 0.2) is 16.6 Å². The Morgan fingerprint density at radius 3 is 2.42 bits per heavy atom. The van der Waals surface area contributed by atoms with Crippen molar-refractivity contribution >= 4 is 21.9 Å². The maximum atomic E-state index is 11.2.